The summed E-state index contributed by atoms with van der Waals surface area (Å²) in [4.78, 5) is 6.60. The van der Waals surface area contributed by atoms with Crippen LogP contribution in [0.15, 0.2) is 38.2 Å². The number of nitrogens with zero attached hydrogens (tertiary/aromatic N) is 4. The predicted octanol–water partition coefficient (Wildman–Crippen LogP) is 1.65. The second-order valence-electron chi connectivity index (χ2n) is 5.34. The van der Waals surface area contributed by atoms with Crippen LogP contribution in [0.25, 0.3) is 0 Å². The first-order chi connectivity index (χ1) is 11.0. The van der Waals surface area contributed by atoms with Gasteiger partial charge in [-0.3, -0.25) is 4.90 Å². The molecule has 0 saturated carbocycles. The fraction of sp³-hybridized carbons (Fsp3) is 0.429. The summed E-state index contributed by atoms with van der Waals surface area (Å²) in [5.74, 6) is 1.17. The average molecular weight is 401 g/mol. The van der Waals surface area contributed by atoms with E-state index in [0.29, 0.717) is 53.8 Å². The van der Waals surface area contributed by atoms with Gasteiger partial charge in [0.15, 0.2) is 5.82 Å². The van der Waals surface area contributed by atoms with Gasteiger partial charge in [-0.15, -0.1) is 0 Å². The highest BCUT2D eigenvalue weighted by atomic mass is 79.9. The molecular formula is C14H17BrN4O3S. The lowest BCUT2D eigenvalue weighted by Crippen LogP contribution is -2.48. The molecule has 1 fully saturated rings. The molecule has 124 valence electrons. The topological polar surface area (TPSA) is 79.5 Å². The van der Waals surface area contributed by atoms with Crippen LogP contribution in [-0.2, 0) is 16.6 Å². The van der Waals surface area contributed by atoms with Crippen LogP contribution in [0.3, 0.4) is 0 Å². The molecule has 0 aliphatic carbocycles. The summed E-state index contributed by atoms with van der Waals surface area (Å²) in [6.07, 6.45) is 0. The van der Waals surface area contributed by atoms with Gasteiger partial charge in [0.05, 0.1) is 11.4 Å². The first-order valence-electron chi connectivity index (χ1n) is 7.23. The molecule has 0 amide bonds. The maximum atomic E-state index is 12.7. The van der Waals surface area contributed by atoms with Gasteiger partial charge in [-0.1, -0.05) is 17.3 Å². The van der Waals surface area contributed by atoms with E-state index >= 15 is 0 Å². The Morgan fingerprint density at radius 2 is 1.91 bits per heavy atom. The summed E-state index contributed by atoms with van der Waals surface area (Å²) >= 11 is 3.31. The van der Waals surface area contributed by atoms with E-state index in [2.05, 4.69) is 31.0 Å². The SMILES string of the molecule is Cc1nc(CN2CCN(S(=O)(=O)c3ccccc3Br)CC2)no1. The van der Waals surface area contributed by atoms with Crippen LogP contribution >= 0.6 is 15.9 Å². The molecule has 23 heavy (non-hydrogen) atoms. The van der Waals surface area contributed by atoms with Gasteiger partial charge in [-0.05, 0) is 28.1 Å². The van der Waals surface area contributed by atoms with Gasteiger partial charge >= 0.3 is 0 Å². The first-order valence-corrected chi connectivity index (χ1v) is 9.46. The van der Waals surface area contributed by atoms with Gasteiger partial charge in [0.25, 0.3) is 0 Å². The lowest BCUT2D eigenvalue weighted by molar-refractivity contribution is 0.176. The highest BCUT2D eigenvalue weighted by molar-refractivity contribution is 9.10. The van der Waals surface area contributed by atoms with E-state index in [0.717, 1.165) is 0 Å². The van der Waals surface area contributed by atoms with Crippen LogP contribution in [0.4, 0.5) is 0 Å². The van der Waals surface area contributed by atoms with Crippen LogP contribution in [0, 0.1) is 6.92 Å². The molecule has 0 spiro atoms. The lowest BCUT2D eigenvalue weighted by atomic mass is 10.3. The number of aromatic nitrogens is 2. The average Bonchev–Trinajstić information content (AvgIpc) is 2.93. The number of aryl methyl sites for hydroxylation is 1. The minimum atomic E-state index is -3.47. The molecule has 1 aliphatic heterocycles. The minimum absolute atomic E-state index is 0.308. The maximum Gasteiger partial charge on any atom is 0.244 e. The summed E-state index contributed by atoms with van der Waals surface area (Å²) in [5, 5.41) is 3.87. The molecular weight excluding hydrogens is 384 g/mol. The molecule has 0 N–H and O–H groups in total. The highest BCUT2D eigenvalue weighted by Crippen LogP contribution is 2.25. The van der Waals surface area contributed by atoms with Crippen LogP contribution in [0.1, 0.15) is 11.7 Å². The molecule has 1 saturated heterocycles. The highest BCUT2D eigenvalue weighted by Gasteiger charge is 2.30. The second kappa shape index (κ2) is 6.68. The number of sulfonamides is 1. The zero-order chi connectivity index (χ0) is 16.4. The van der Waals surface area contributed by atoms with Crippen molar-refractivity contribution < 1.29 is 12.9 Å². The number of halogens is 1. The van der Waals surface area contributed by atoms with Crippen LogP contribution in [0.5, 0.6) is 0 Å². The molecule has 2 heterocycles. The van der Waals surface area contributed by atoms with E-state index in [4.69, 9.17) is 4.52 Å². The van der Waals surface area contributed by atoms with E-state index in [1.54, 1.807) is 31.2 Å². The number of hydrogen-bond donors (Lipinski definition) is 0. The van der Waals surface area contributed by atoms with E-state index in [-0.39, 0.29) is 0 Å². The molecule has 0 radical (unpaired) electrons. The van der Waals surface area contributed by atoms with Crippen LogP contribution in [-0.4, -0.2) is 53.9 Å². The Kier molecular flexibility index (Phi) is 4.81. The molecule has 9 heteroatoms. The van der Waals surface area contributed by atoms with Crippen molar-refractivity contribution >= 4 is 26.0 Å². The Morgan fingerprint density at radius 3 is 2.52 bits per heavy atom. The third kappa shape index (κ3) is 3.63. The third-order valence-electron chi connectivity index (χ3n) is 3.72. The largest absolute Gasteiger partial charge is 0.340 e. The Balaban J connectivity index is 1.65. The monoisotopic (exact) mass is 400 g/mol. The van der Waals surface area contributed by atoms with Crippen molar-refractivity contribution in [1.82, 2.24) is 19.3 Å². The fourth-order valence-electron chi connectivity index (χ4n) is 2.53. The summed E-state index contributed by atoms with van der Waals surface area (Å²) < 4.78 is 32.5. The molecule has 0 atom stereocenters. The van der Waals surface area contributed by atoms with Crippen molar-refractivity contribution in [3.8, 4) is 0 Å². The van der Waals surface area contributed by atoms with E-state index in [9.17, 15) is 8.42 Å². The zero-order valence-corrected chi connectivity index (χ0v) is 15.0. The van der Waals surface area contributed by atoms with E-state index < -0.39 is 10.0 Å². The van der Waals surface area contributed by atoms with E-state index in [1.807, 2.05) is 0 Å². The van der Waals surface area contributed by atoms with Gasteiger partial charge in [0, 0.05) is 37.6 Å². The third-order valence-corrected chi connectivity index (χ3v) is 6.63. The molecule has 3 rings (SSSR count). The predicted molar refractivity (Wildman–Crippen MR) is 87.2 cm³/mol. The molecule has 1 aromatic carbocycles. The Labute approximate surface area is 143 Å². The molecule has 2 aromatic rings. The lowest BCUT2D eigenvalue weighted by Gasteiger charge is -2.33. The van der Waals surface area contributed by atoms with Crippen molar-refractivity contribution in [2.24, 2.45) is 0 Å². The van der Waals surface area contributed by atoms with Crippen molar-refractivity contribution in [3.63, 3.8) is 0 Å². The second-order valence-corrected chi connectivity index (χ2v) is 8.10. The molecule has 0 bridgehead atoms. The summed E-state index contributed by atoms with van der Waals surface area (Å²) in [7, 11) is -3.47. The quantitative estimate of drug-likeness (QED) is 0.775. The Morgan fingerprint density at radius 1 is 1.22 bits per heavy atom. The zero-order valence-electron chi connectivity index (χ0n) is 12.6. The number of rotatable bonds is 4. The molecule has 0 unspecified atom stereocenters. The van der Waals surface area contributed by atoms with Crippen molar-refractivity contribution in [2.45, 2.75) is 18.4 Å². The maximum absolute atomic E-state index is 12.7. The van der Waals surface area contributed by atoms with E-state index in [1.165, 1.54) is 4.31 Å². The van der Waals surface area contributed by atoms with Gasteiger partial charge < -0.3 is 4.52 Å². The Bertz CT molecular complexity index is 785. The number of piperazine rings is 1. The van der Waals surface area contributed by atoms with Crippen LogP contribution < -0.4 is 0 Å². The Hall–Kier alpha value is -1.29. The van der Waals surface area contributed by atoms with Gasteiger partial charge in [0.2, 0.25) is 15.9 Å². The molecule has 7 nitrogen and oxygen atoms in total. The normalized spacial score (nSPS) is 17.5. The minimum Gasteiger partial charge on any atom is -0.340 e. The summed E-state index contributed by atoms with van der Waals surface area (Å²) in [5.41, 5.74) is 0. The van der Waals surface area contributed by atoms with Crippen LogP contribution in [0.2, 0.25) is 0 Å². The van der Waals surface area contributed by atoms with Crippen molar-refractivity contribution in [1.29, 1.82) is 0 Å². The van der Waals surface area contributed by atoms with Gasteiger partial charge in [0.1, 0.15) is 0 Å². The standard InChI is InChI=1S/C14H17BrN4O3S/c1-11-16-14(17-22-11)10-18-6-8-19(9-7-18)23(20,21)13-5-3-2-4-12(13)15/h2-5H,6-10H2,1H3. The molecule has 1 aliphatic rings. The summed E-state index contributed by atoms with van der Waals surface area (Å²) in [6, 6.07) is 6.88. The van der Waals surface area contributed by atoms with Gasteiger partial charge in [-0.2, -0.15) is 9.29 Å². The number of hydrogen-bond acceptors (Lipinski definition) is 6. The molecule has 1 aromatic heterocycles. The van der Waals surface area contributed by atoms with Gasteiger partial charge in [-0.25, -0.2) is 8.42 Å². The number of benzene rings is 1. The summed E-state index contributed by atoms with van der Waals surface area (Å²) in [6.45, 7) is 4.48. The fourth-order valence-corrected chi connectivity index (χ4v) is 4.91. The smallest absolute Gasteiger partial charge is 0.244 e. The first kappa shape index (κ1) is 16.6. The van der Waals surface area contributed by atoms with Crippen molar-refractivity contribution in [2.75, 3.05) is 26.2 Å². The van der Waals surface area contributed by atoms with Crippen molar-refractivity contribution in [3.05, 3.63) is 40.5 Å².